The van der Waals surface area contributed by atoms with E-state index in [0.29, 0.717) is 10.6 Å². The van der Waals surface area contributed by atoms with Gasteiger partial charge in [0.05, 0.1) is 6.54 Å². The molecule has 1 aromatic carbocycles. The number of nitrogens with one attached hydrogen (secondary N) is 2. The fraction of sp³-hybridized carbons (Fsp3) is 0.611. The lowest BCUT2D eigenvalue weighted by atomic mass is 9.93. The molecule has 7 nitrogen and oxygen atoms in total. The molecule has 0 radical (unpaired) electrons. The van der Waals surface area contributed by atoms with Gasteiger partial charge in [-0.15, -0.1) is 0 Å². The fourth-order valence-electron chi connectivity index (χ4n) is 3.26. The van der Waals surface area contributed by atoms with Crippen molar-refractivity contribution in [3.63, 3.8) is 0 Å². The number of nitrogens with zero attached hydrogens (tertiary/aromatic N) is 1. The molecule has 2 rings (SSSR count). The van der Waals surface area contributed by atoms with Crippen LogP contribution >= 0.6 is 0 Å². The molecule has 0 bridgehead atoms. The van der Waals surface area contributed by atoms with Gasteiger partial charge in [-0.05, 0) is 23.0 Å². The lowest BCUT2D eigenvalue weighted by Gasteiger charge is -2.44. The van der Waals surface area contributed by atoms with Crippen LogP contribution < -0.4 is 10.0 Å². The number of alkyl halides is 3. The minimum atomic E-state index is -4.68. The molecule has 164 valence electrons. The van der Waals surface area contributed by atoms with Gasteiger partial charge in [-0.25, -0.2) is 17.9 Å². The molecule has 1 saturated heterocycles. The first-order chi connectivity index (χ1) is 13.2. The summed E-state index contributed by atoms with van der Waals surface area (Å²) in [5.74, 6) is 0.0920. The largest absolute Gasteiger partial charge is 0.401 e. The van der Waals surface area contributed by atoms with Crippen molar-refractivity contribution in [2.45, 2.75) is 63.7 Å². The summed E-state index contributed by atoms with van der Waals surface area (Å²) >= 11 is 0. The van der Waals surface area contributed by atoms with Gasteiger partial charge in [-0.1, -0.05) is 45.9 Å². The van der Waals surface area contributed by atoms with E-state index < -0.39 is 46.8 Å². The Labute approximate surface area is 168 Å². The van der Waals surface area contributed by atoms with Crippen molar-refractivity contribution in [1.29, 1.82) is 0 Å². The quantitative estimate of drug-likeness (QED) is 0.634. The lowest BCUT2D eigenvalue weighted by Crippen LogP contribution is -2.64. The van der Waals surface area contributed by atoms with Crippen LogP contribution in [0.5, 0.6) is 0 Å². The molecule has 0 aliphatic carbocycles. The van der Waals surface area contributed by atoms with E-state index in [1.54, 1.807) is 4.72 Å². The van der Waals surface area contributed by atoms with E-state index in [1.807, 2.05) is 45.9 Å². The zero-order valence-corrected chi connectivity index (χ0v) is 17.4. The summed E-state index contributed by atoms with van der Waals surface area (Å²) < 4.78 is 64.4. The van der Waals surface area contributed by atoms with Gasteiger partial charge in [0.15, 0.2) is 0 Å². The summed E-state index contributed by atoms with van der Waals surface area (Å²) in [5.41, 5.74) is 2.09. The van der Waals surface area contributed by atoms with Crippen molar-refractivity contribution < 1.29 is 31.5 Å². The third kappa shape index (κ3) is 5.61. The molecule has 2 atom stereocenters. The molecule has 29 heavy (non-hydrogen) atoms. The Hall–Kier alpha value is -1.85. The molecule has 1 heterocycles. The Kier molecular flexibility index (Phi) is 6.86. The number of hydrogen-bond acceptors (Lipinski definition) is 5. The highest BCUT2D eigenvalue weighted by Crippen LogP contribution is 2.33. The van der Waals surface area contributed by atoms with Gasteiger partial charge < -0.3 is 10.4 Å². The molecule has 3 N–H and O–H groups in total. The van der Waals surface area contributed by atoms with E-state index >= 15 is 0 Å². The third-order valence-corrected chi connectivity index (χ3v) is 6.38. The van der Waals surface area contributed by atoms with E-state index in [0.717, 1.165) is 11.1 Å². The SMILES string of the molecule is CC(C)c1cccc(C(C)C)c1NC(=O)NS(=O)(=O)C1CC(O)N1CC(F)(F)F. The lowest BCUT2D eigenvalue weighted by molar-refractivity contribution is -0.195. The van der Waals surface area contributed by atoms with Crippen LogP contribution in [0, 0.1) is 0 Å². The number of hydrogen-bond donors (Lipinski definition) is 3. The van der Waals surface area contributed by atoms with Crippen LogP contribution in [0.4, 0.5) is 23.7 Å². The smallest absolute Gasteiger partial charge is 0.378 e. The predicted molar refractivity (Wildman–Crippen MR) is 103 cm³/mol. The predicted octanol–water partition coefficient (Wildman–Crippen LogP) is 3.30. The maximum atomic E-state index is 12.6. The van der Waals surface area contributed by atoms with Gasteiger partial charge in [-0.3, -0.25) is 4.90 Å². The normalized spacial score (nSPS) is 20.6. The van der Waals surface area contributed by atoms with Crippen molar-refractivity contribution in [3.8, 4) is 0 Å². The number of amides is 2. The second kappa shape index (κ2) is 8.49. The third-order valence-electron chi connectivity index (χ3n) is 4.73. The second-order valence-corrected chi connectivity index (χ2v) is 9.52. The molecule has 1 aliphatic heterocycles. The molecular weight excluding hydrogens is 411 g/mol. The van der Waals surface area contributed by atoms with E-state index in [9.17, 15) is 31.5 Å². The van der Waals surface area contributed by atoms with Crippen LogP contribution in [0.15, 0.2) is 18.2 Å². The Morgan fingerprint density at radius 1 is 1.21 bits per heavy atom. The van der Waals surface area contributed by atoms with Gasteiger partial charge in [-0.2, -0.15) is 13.2 Å². The Bertz CT molecular complexity index is 830. The summed E-state index contributed by atoms with van der Waals surface area (Å²) in [7, 11) is -4.46. The number of rotatable bonds is 6. The number of sulfonamides is 1. The maximum Gasteiger partial charge on any atom is 0.401 e. The number of urea groups is 1. The van der Waals surface area contributed by atoms with Gasteiger partial charge in [0.1, 0.15) is 11.6 Å². The average Bonchev–Trinajstić information content (AvgIpc) is 2.55. The molecule has 0 saturated carbocycles. The monoisotopic (exact) mass is 437 g/mol. The van der Waals surface area contributed by atoms with Crippen LogP contribution in [-0.2, 0) is 10.0 Å². The summed E-state index contributed by atoms with van der Waals surface area (Å²) in [6, 6.07) is 4.41. The molecule has 1 aliphatic rings. The minimum absolute atomic E-state index is 0.0460. The first kappa shape index (κ1) is 23.4. The highest BCUT2D eigenvalue weighted by atomic mass is 32.2. The topological polar surface area (TPSA) is 98.7 Å². The van der Waals surface area contributed by atoms with E-state index in [1.165, 1.54) is 0 Å². The zero-order chi connectivity index (χ0) is 22.1. The molecule has 0 aromatic heterocycles. The molecule has 2 amide bonds. The molecule has 2 unspecified atom stereocenters. The van der Waals surface area contributed by atoms with Crippen molar-refractivity contribution in [3.05, 3.63) is 29.3 Å². The molecule has 1 fully saturated rings. The summed E-state index contributed by atoms with van der Waals surface area (Å²) in [6.07, 6.45) is -6.63. The number of carbonyl (C=O) groups is 1. The van der Waals surface area contributed by atoms with Crippen LogP contribution in [-0.4, -0.2) is 48.8 Å². The number of likely N-dealkylation sites (tertiary alicyclic amines) is 1. The van der Waals surface area contributed by atoms with Crippen molar-refractivity contribution in [1.82, 2.24) is 9.62 Å². The standard InChI is InChI=1S/C18H26F3N3O4S/c1-10(2)12-6-5-7-13(11(3)4)16(12)22-17(26)23-29(27,28)15-8-14(25)24(15)9-18(19,20)21/h5-7,10-11,14-15,25H,8-9H2,1-4H3,(H2,22,23,26). The van der Waals surface area contributed by atoms with Gasteiger partial charge in [0.2, 0.25) is 0 Å². The van der Waals surface area contributed by atoms with E-state index in [2.05, 4.69) is 5.32 Å². The van der Waals surface area contributed by atoms with Gasteiger partial charge >= 0.3 is 12.2 Å². The van der Waals surface area contributed by atoms with Gasteiger partial charge in [0, 0.05) is 12.1 Å². The number of anilines is 1. The highest BCUT2D eigenvalue weighted by Gasteiger charge is 2.50. The summed E-state index contributed by atoms with van der Waals surface area (Å²) in [6.45, 7) is 6.09. The van der Waals surface area contributed by atoms with E-state index in [4.69, 9.17) is 0 Å². The number of benzene rings is 1. The number of carbonyl (C=O) groups excluding carboxylic acids is 1. The number of para-hydroxylation sites is 1. The zero-order valence-electron chi connectivity index (χ0n) is 16.6. The first-order valence-corrected chi connectivity index (χ1v) is 10.7. The molecule has 0 spiro atoms. The average molecular weight is 437 g/mol. The number of halogens is 3. The first-order valence-electron chi connectivity index (χ1n) is 9.19. The summed E-state index contributed by atoms with van der Waals surface area (Å²) in [5, 5.41) is 10.4. The maximum absolute atomic E-state index is 12.6. The van der Waals surface area contributed by atoms with Crippen LogP contribution in [0.2, 0.25) is 0 Å². The Morgan fingerprint density at radius 2 is 1.72 bits per heavy atom. The highest BCUT2D eigenvalue weighted by molar-refractivity contribution is 7.90. The van der Waals surface area contributed by atoms with Gasteiger partial charge in [0.25, 0.3) is 10.0 Å². The van der Waals surface area contributed by atoms with E-state index in [-0.39, 0.29) is 11.8 Å². The summed E-state index contributed by atoms with van der Waals surface area (Å²) in [4.78, 5) is 12.8. The van der Waals surface area contributed by atoms with Crippen LogP contribution in [0.1, 0.15) is 57.1 Å². The van der Waals surface area contributed by atoms with Crippen LogP contribution in [0.25, 0.3) is 0 Å². The Balaban J connectivity index is 2.19. The van der Waals surface area contributed by atoms with Crippen molar-refractivity contribution in [2.75, 3.05) is 11.9 Å². The molecular formula is C18H26F3N3O4S. The molecule has 11 heteroatoms. The second-order valence-electron chi connectivity index (χ2n) is 7.68. The number of aliphatic hydroxyl groups is 1. The van der Waals surface area contributed by atoms with Crippen LogP contribution in [0.3, 0.4) is 0 Å². The minimum Gasteiger partial charge on any atom is -0.378 e. The molecule has 1 aromatic rings. The van der Waals surface area contributed by atoms with Crippen molar-refractivity contribution >= 4 is 21.7 Å². The fourth-order valence-corrected chi connectivity index (χ4v) is 4.70. The number of aliphatic hydroxyl groups excluding tert-OH is 1. The van der Waals surface area contributed by atoms with Crippen molar-refractivity contribution in [2.24, 2.45) is 0 Å². The Morgan fingerprint density at radius 3 is 2.14 bits per heavy atom.